The van der Waals surface area contributed by atoms with E-state index >= 15 is 0 Å². The van der Waals surface area contributed by atoms with Gasteiger partial charge in [0.05, 0.1) is 0 Å². The number of nitrogens with one attached hydrogen (secondary N) is 1. The van der Waals surface area contributed by atoms with Gasteiger partial charge in [-0.3, -0.25) is 0 Å². The molecule has 0 aliphatic heterocycles. The van der Waals surface area contributed by atoms with Crippen LogP contribution in [-0.4, -0.2) is 6.54 Å². The lowest BCUT2D eigenvalue weighted by Gasteiger charge is -2.18. The number of hydrogen-bond donors (Lipinski definition) is 1. The van der Waals surface area contributed by atoms with Gasteiger partial charge >= 0.3 is 0 Å². The van der Waals surface area contributed by atoms with Crippen molar-refractivity contribution in [2.45, 2.75) is 26.8 Å². The third kappa shape index (κ3) is 3.05. The molecule has 2 rings (SSSR count). The van der Waals surface area contributed by atoms with E-state index in [1.54, 1.807) is 19.1 Å². The largest absolute Gasteiger partial charge is 0.310 e. The molecular weight excluding hydrogens is 256 g/mol. The average Bonchev–Trinajstić information content (AvgIpc) is 2.42. The second kappa shape index (κ2) is 6.14. The predicted molar refractivity (Wildman–Crippen MR) is 78.6 cm³/mol. The van der Waals surface area contributed by atoms with E-state index in [0.29, 0.717) is 11.1 Å². The van der Waals surface area contributed by atoms with Crippen LogP contribution in [-0.2, 0) is 0 Å². The highest BCUT2D eigenvalue weighted by Gasteiger charge is 2.13. The lowest BCUT2D eigenvalue weighted by Crippen LogP contribution is -2.18. The first-order valence-corrected chi connectivity index (χ1v) is 6.82. The summed E-state index contributed by atoms with van der Waals surface area (Å²) in [5.74, 6) is -0.581. The topological polar surface area (TPSA) is 12.0 Å². The fraction of sp³-hybridized carbons (Fsp3) is 0.294. The molecule has 0 bridgehead atoms. The second-order valence-electron chi connectivity index (χ2n) is 4.97. The van der Waals surface area contributed by atoms with Crippen LogP contribution in [0.4, 0.5) is 8.78 Å². The molecule has 0 aromatic heterocycles. The minimum absolute atomic E-state index is 0.0833. The van der Waals surface area contributed by atoms with Crippen LogP contribution in [0.3, 0.4) is 0 Å². The normalized spacial score (nSPS) is 12.4. The van der Waals surface area contributed by atoms with Gasteiger partial charge in [-0.15, -0.1) is 0 Å². The molecule has 1 atom stereocenters. The van der Waals surface area contributed by atoms with Gasteiger partial charge in [-0.25, -0.2) is 8.78 Å². The molecule has 20 heavy (non-hydrogen) atoms. The summed E-state index contributed by atoms with van der Waals surface area (Å²) in [6.07, 6.45) is 0. The van der Waals surface area contributed by atoms with Gasteiger partial charge in [0.1, 0.15) is 11.6 Å². The van der Waals surface area contributed by atoms with Crippen molar-refractivity contribution in [3.05, 3.63) is 59.2 Å². The summed E-state index contributed by atoms with van der Waals surface area (Å²) in [7, 11) is 0. The number of hydrogen-bond acceptors (Lipinski definition) is 1. The third-order valence-corrected chi connectivity index (χ3v) is 3.47. The summed E-state index contributed by atoms with van der Waals surface area (Å²) in [4.78, 5) is 0. The zero-order valence-corrected chi connectivity index (χ0v) is 12.0. The number of aryl methyl sites for hydroxylation is 1. The van der Waals surface area contributed by atoms with E-state index in [1.165, 1.54) is 18.2 Å². The Labute approximate surface area is 118 Å². The maximum absolute atomic E-state index is 13.7. The summed E-state index contributed by atoms with van der Waals surface area (Å²) in [6, 6.07) is 9.76. The highest BCUT2D eigenvalue weighted by atomic mass is 19.1. The minimum atomic E-state index is -0.312. The Morgan fingerprint density at radius 1 is 1.10 bits per heavy atom. The summed E-state index contributed by atoms with van der Waals surface area (Å²) in [5.41, 5.74) is 2.99. The molecule has 0 saturated heterocycles. The summed E-state index contributed by atoms with van der Waals surface area (Å²) in [6.45, 7) is 6.57. The molecule has 3 heteroatoms. The Hall–Kier alpha value is -1.74. The maximum Gasteiger partial charge on any atom is 0.126 e. The van der Waals surface area contributed by atoms with Crippen molar-refractivity contribution < 1.29 is 8.78 Å². The molecule has 1 unspecified atom stereocenters. The number of halogens is 2. The quantitative estimate of drug-likeness (QED) is 0.859. The van der Waals surface area contributed by atoms with Crippen molar-refractivity contribution in [3.63, 3.8) is 0 Å². The molecule has 106 valence electrons. The van der Waals surface area contributed by atoms with Gasteiger partial charge in [-0.1, -0.05) is 25.1 Å². The standard InChI is InChI=1S/C17H19F2N/c1-4-20-12(3)15-8-7-14(18)10-16(15)13-6-5-11(2)17(19)9-13/h5-10,12,20H,4H2,1-3H3. The van der Waals surface area contributed by atoms with Gasteiger partial charge in [-0.2, -0.15) is 0 Å². The maximum atomic E-state index is 13.7. The fourth-order valence-corrected chi connectivity index (χ4v) is 2.33. The van der Waals surface area contributed by atoms with Crippen LogP contribution in [0.2, 0.25) is 0 Å². The smallest absolute Gasteiger partial charge is 0.126 e. The zero-order valence-electron chi connectivity index (χ0n) is 12.0. The minimum Gasteiger partial charge on any atom is -0.310 e. The highest BCUT2D eigenvalue weighted by Crippen LogP contribution is 2.30. The third-order valence-electron chi connectivity index (χ3n) is 3.47. The Kier molecular flexibility index (Phi) is 4.50. The molecule has 0 heterocycles. The van der Waals surface area contributed by atoms with Crippen LogP contribution >= 0.6 is 0 Å². The second-order valence-corrected chi connectivity index (χ2v) is 4.97. The van der Waals surface area contributed by atoms with Gasteiger partial charge in [0.15, 0.2) is 0 Å². The average molecular weight is 275 g/mol. The van der Waals surface area contributed by atoms with Crippen molar-refractivity contribution >= 4 is 0 Å². The lowest BCUT2D eigenvalue weighted by atomic mass is 9.94. The number of rotatable bonds is 4. The molecule has 1 N–H and O–H groups in total. The summed E-state index contributed by atoms with van der Waals surface area (Å²) >= 11 is 0. The molecule has 0 aliphatic rings. The van der Waals surface area contributed by atoms with Crippen molar-refractivity contribution in [2.24, 2.45) is 0 Å². The molecule has 2 aromatic carbocycles. The Morgan fingerprint density at radius 3 is 2.50 bits per heavy atom. The SMILES string of the molecule is CCNC(C)c1ccc(F)cc1-c1ccc(C)c(F)c1. The van der Waals surface area contributed by atoms with Crippen molar-refractivity contribution in [2.75, 3.05) is 6.54 Å². The van der Waals surface area contributed by atoms with E-state index in [1.807, 2.05) is 19.9 Å². The van der Waals surface area contributed by atoms with Crippen molar-refractivity contribution in [1.29, 1.82) is 0 Å². The van der Waals surface area contributed by atoms with E-state index in [4.69, 9.17) is 0 Å². The molecule has 0 spiro atoms. The van der Waals surface area contributed by atoms with Gasteiger partial charge in [0, 0.05) is 6.04 Å². The zero-order chi connectivity index (χ0) is 14.7. The molecule has 0 amide bonds. The van der Waals surface area contributed by atoms with E-state index in [2.05, 4.69) is 5.32 Å². The van der Waals surface area contributed by atoms with Crippen molar-refractivity contribution in [1.82, 2.24) is 5.32 Å². The van der Waals surface area contributed by atoms with Crippen LogP contribution in [0.25, 0.3) is 11.1 Å². The van der Waals surface area contributed by atoms with Crippen LogP contribution in [0, 0.1) is 18.6 Å². The summed E-state index contributed by atoms with van der Waals surface area (Å²) < 4.78 is 27.3. The molecular formula is C17H19F2N. The number of benzene rings is 2. The molecule has 0 fully saturated rings. The van der Waals surface area contributed by atoms with E-state index in [9.17, 15) is 8.78 Å². The van der Waals surface area contributed by atoms with Crippen LogP contribution in [0.15, 0.2) is 36.4 Å². The van der Waals surface area contributed by atoms with Gasteiger partial charge in [0.25, 0.3) is 0 Å². The molecule has 0 saturated carbocycles. The van der Waals surface area contributed by atoms with Gasteiger partial charge < -0.3 is 5.32 Å². The first-order valence-electron chi connectivity index (χ1n) is 6.82. The Bertz CT molecular complexity index is 608. The lowest BCUT2D eigenvalue weighted by molar-refractivity contribution is 0.592. The monoisotopic (exact) mass is 275 g/mol. The van der Waals surface area contributed by atoms with Gasteiger partial charge in [0.2, 0.25) is 0 Å². The first kappa shape index (κ1) is 14.7. The highest BCUT2D eigenvalue weighted by molar-refractivity contribution is 5.68. The van der Waals surface area contributed by atoms with Crippen LogP contribution < -0.4 is 5.32 Å². The molecule has 1 nitrogen and oxygen atoms in total. The van der Waals surface area contributed by atoms with E-state index in [0.717, 1.165) is 17.7 Å². The van der Waals surface area contributed by atoms with Gasteiger partial charge in [-0.05, 0) is 60.8 Å². The fourth-order valence-electron chi connectivity index (χ4n) is 2.33. The van der Waals surface area contributed by atoms with Crippen molar-refractivity contribution in [3.8, 4) is 11.1 Å². The summed E-state index contributed by atoms with van der Waals surface area (Å²) in [5, 5.41) is 3.30. The molecule has 0 radical (unpaired) electrons. The van der Waals surface area contributed by atoms with E-state index in [-0.39, 0.29) is 17.7 Å². The van der Waals surface area contributed by atoms with E-state index < -0.39 is 0 Å². The molecule has 2 aromatic rings. The van der Waals surface area contributed by atoms with Crippen LogP contribution in [0.1, 0.15) is 31.0 Å². The first-order chi connectivity index (χ1) is 9.52. The van der Waals surface area contributed by atoms with Crippen LogP contribution in [0.5, 0.6) is 0 Å². The predicted octanol–water partition coefficient (Wildman–Crippen LogP) is 4.61. The Morgan fingerprint density at radius 2 is 1.85 bits per heavy atom. The molecule has 0 aliphatic carbocycles. The Balaban J connectivity index is 2.53.